The molecular weight excluding hydrogens is 240 g/mol. The summed E-state index contributed by atoms with van der Waals surface area (Å²) in [5, 5.41) is 3.28. The molecule has 1 N–H and O–H groups in total. The normalized spacial score (nSPS) is 16.4. The molecule has 1 amide bonds. The first-order chi connectivity index (χ1) is 9.20. The largest absolute Gasteiger partial charge is 0.370 e. The number of likely N-dealkylation sites (N-methyl/N-ethyl adjacent to an activating group) is 1. The number of nitrogens with one attached hydrogen (secondary N) is 1. The van der Waals surface area contributed by atoms with Crippen LogP contribution in [0.25, 0.3) is 0 Å². The Morgan fingerprint density at radius 3 is 3.05 bits per heavy atom. The third-order valence-corrected chi connectivity index (χ3v) is 3.34. The molecule has 1 aliphatic rings. The fourth-order valence-corrected chi connectivity index (χ4v) is 2.17. The highest BCUT2D eigenvalue weighted by Gasteiger charge is 2.19. The number of aromatic nitrogens is 1. The number of hydrogen-bond acceptors (Lipinski definition) is 4. The molecule has 5 nitrogen and oxygen atoms in total. The van der Waals surface area contributed by atoms with Gasteiger partial charge in [-0.15, -0.1) is 0 Å². The van der Waals surface area contributed by atoms with Crippen molar-refractivity contribution in [1.29, 1.82) is 0 Å². The summed E-state index contributed by atoms with van der Waals surface area (Å²) in [6, 6.07) is 3.99. The highest BCUT2D eigenvalue weighted by atomic mass is 16.2. The van der Waals surface area contributed by atoms with Crippen LogP contribution < -0.4 is 10.2 Å². The maximum Gasteiger partial charge on any atom is 0.241 e. The predicted octanol–water partition coefficient (Wildman–Crippen LogP) is 1.57. The molecule has 0 saturated carbocycles. The lowest BCUT2D eigenvalue weighted by Crippen LogP contribution is -2.34. The Labute approximate surface area is 114 Å². The fraction of sp³-hybridized carbons (Fsp3) is 0.571. The standard InChI is InChI=1S/C14H22N4O/c1-3-6-15-13-10-12(5-7-16-13)18-9-4-8-17(2)14(19)11-18/h5,7,10H,3-4,6,8-9,11H2,1-2H3,(H,15,16). The lowest BCUT2D eigenvalue weighted by atomic mass is 10.3. The van der Waals surface area contributed by atoms with Crippen molar-refractivity contribution in [1.82, 2.24) is 9.88 Å². The van der Waals surface area contributed by atoms with Crippen molar-refractivity contribution >= 4 is 17.4 Å². The maximum absolute atomic E-state index is 11.9. The molecule has 104 valence electrons. The van der Waals surface area contributed by atoms with Gasteiger partial charge in [0, 0.05) is 44.6 Å². The monoisotopic (exact) mass is 262 g/mol. The molecule has 1 aliphatic heterocycles. The van der Waals surface area contributed by atoms with Crippen LogP contribution in [0.3, 0.4) is 0 Å². The number of hydrogen-bond donors (Lipinski definition) is 1. The summed E-state index contributed by atoms with van der Waals surface area (Å²) < 4.78 is 0. The van der Waals surface area contributed by atoms with E-state index in [1.165, 1.54) is 0 Å². The van der Waals surface area contributed by atoms with E-state index in [0.717, 1.165) is 44.0 Å². The minimum atomic E-state index is 0.178. The summed E-state index contributed by atoms with van der Waals surface area (Å²) in [6.45, 7) is 5.24. The van der Waals surface area contributed by atoms with Crippen LogP contribution in [-0.2, 0) is 4.79 Å². The topological polar surface area (TPSA) is 48.5 Å². The van der Waals surface area contributed by atoms with Crippen LogP contribution in [0.15, 0.2) is 18.3 Å². The number of amides is 1. The van der Waals surface area contributed by atoms with Gasteiger partial charge in [0.2, 0.25) is 5.91 Å². The maximum atomic E-state index is 11.9. The molecule has 1 fully saturated rings. The van der Waals surface area contributed by atoms with Crippen molar-refractivity contribution in [3.63, 3.8) is 0 Å². The van der Waals surface area contributed by atoms with Gasteiger partial charge in [0.05, 0.1) is 6.54 Å². The summed E-state index contributed by atoms with van der Waals surface area (Å²) >= 11 is 0. The number of anilines is 2. The molecule has 0 unspecified atom stereocenters. The molecular formula is C14H22N4O. The van der Waals surface area contributed by atoms with Crippen molar-refractivity contribution in [3.8, 4) is 0 Å². The third-order valence-electron chi connectivity index (χ3n) is 3.34. The van der Waals surface area contributed by atoms with Gasteiger partial charge in [0.15, 0.2) is 0 Å². The Kier molecular flexibility index (Phi) is 4.60. The molecule has 0 aliphatic carbocycles. The minimum absolute atomic E-state index is 0.178. The average molecular weight is 262 g/mol. The number of nitrogens with zero attached hydrogens (tertiary/aromatic N) is 3. The van der Waals surface area contributed by atoms with Crippen molar-refractivity contribution in [2.75, 3.05) is 43.4 Å². The molecule has 0 aromatic carbocycles. The smallest absolute Gasteiger partial charge is 0.241 e. The van der Waals surface area contributed by atoms with Crippen LogP contribution in [0.2, 0.25) is 0 Å². The summed E-state index contributed by atoms with van der Waals surface area (Å²) in [5.41, 5.74) is 1.07. The van der Waals surface area contributed by atoms with Crippen LogP contribution in [0, 0.1) is 0 Å². The van der Waals surface area contributed by atoms with E-state index in [2.05, 4.69) is 22.1 Å². The van der Waals surface area contributed by atoms with E-state index < -0.39 is 0 Å². The average Bonchev–Trinajstić information content (AvgIpc) is 2.59. The first-order valence-electron chi connectivity index (χ1n) is 6.89. The Morgan fingerprint density at radius 1 is 1.42 bits per heavy atom. The molecule has 1 aromatic rings. The zero-order chi connectivity index (χ0) is 13.7. The number of pyridine rings is 1. The van der Waals surface area contributed by atoms with Gasteiger partial charge in [-0.2, -0.15) is 0 Å². The molecule has 19 heavy (non-hydrogen) atoms. The van der Waals surface area contributed by atoms with Crippen molar-refractivity contribution in [2.24, 2.45) is 0 Å². The number of carbonyl (C=O) groups excluding carboxylic acids is 1. The highest BCUT2D eigenvalue weighted by molar-refractivity contribution is 5.81. The van der Waals surface area contributed by atoms with Gasteiger partial charge in [-0.25, -0.2) is 4.98 Å². The van der Waals surface area contributed by atoms with E-state index in [1.807, 2.05) is 19.2 Å². The molecule has 0 bridgehead atoms. The molecule has 0 spiro atoms. The zero-order valence-corrected chi connectivity index (χ0v) is 11.7. The van der Waals surface area contributed by atoms with Crippen molar-refractivity contribution in [3.05, 3.63) is 18.3 Å². The highest BCUT2D eigenvalue weighted by Crippen LogP contribution is 2.19. The quantitative estimate of drug-likeness (QED) is 0.895. The third kappa shape index (κ3) is 3.59. The minimum Gasteiger partial charge on any atom is -0.370 e. The van der Waals surface area contributed by atoms with Gasteiger partial charge in [0.25, 0.3) is 0 Å². The first kappa shape index (κ1) is 13.6. The van der Waals surface area contributed by atoms with Crippen LogP contribution in [-0.4, -0.2) is 49.0 Å². The second-order valence-corrected chi connectivity index (χ2v) is 4.92. The van der Waals surface area contributed by atoms with Gasteiger partial charge in [-0.05, 0) is 18.9 Å². The van der Waals surface area contributed by atoms with E-state index in [4.69, 9.17) is 0 Å². The summed E-state index contributed by atoms with van der Waals surface area (Å²) in [4.78, 5) is 20.1. The molecule has 0 radical (unpaired) electrons. The van der Waals surface area contributed by atoms with Crippen LogP contribution in [0.5, 0.6) is 0 Å². The molecule has 5 heteroatoms. The van der Waals surface area contributed by atoms with Gasteiger partial charge in [-0.1, -0.05) is 6.92 Å². The van der Waals surface area contributed by atoms with E-state index in [-0.39, 0.29) is 5.91 Å². The SMILES string of the molecule is CCCNc1cc(N2CCCN(C)C(=O)C2)ccn1. The van der Waals surface area contributed by atoms with Gasteiger partial charge >= 0.3 is 0 Å². The van der Waals surface area contributed by atoms with Crippen LogP contribution in [0.4, 0.5) is 11.5 Å². The van der Waals surface area contributed by atoms with E-state index in [0.29, 0.717) is 6.54 Å². The Hall–Kier alpha value is -1.78. The number of rotatable bonds is 4. The Bertz CT molecular complexity index is 435. The zero-order valence-electron chi connectivity index (χ0n) is 11.7. The molecule has 2 heterocycles. The van der Waals surface area contributed by atoms with E-state index >= 15 is 0 Å². The molecule has 2 rings (SSSR count). The summed E-state index contributed by atoms with van der Waals surface area (Å²) in [6.07, 6.45) is 3.87. The van der Waals surface area contributed by atoms with Crippen LogP contribution >= 0.6 is 0 Å². The summed E-state index contributed by atoms with van der Waals surface area (Å²) in [5.74, 6) is 1.06. The lowest BCUT2D eigenvalue weighted by molar-refractivity contribution is -0.127. The van der Waals surface area contributed by atoms with Gasteiger partial charge in [0.1, 0.15) is 5.82 Å². The fourth-order valence-electron chi connectivity index (χ4n) is 2.17. The molecule has 1 saturated heterocycles. The summed E-state index contributed by atoms with van der Waals surface area (Å²) in [7, 11) is 1.87. The van der Waals surface area contributed by atoms with Crippen LogP contribution in [0.1, 0.15) is 19.8 Å². The van der Waals surface area contributed by atoms with Crippen molar-refractivity contribution in [2.45, 2.75) is 19.8 Å². The second-order valence-electron chi connectivity index (χ2n) is 4.92. The Balaban J connectivity index is 2.09. The van der Waals surface area contributed by atoms with E-state index in [1.54, 1.807) is 11.1 Å². The number of carbonyl (C=O) groups is 1. The Morgan fingerprint density at radius 2 is 2.26 bits per heavy atom. The van der Waals surface area contributed by atoms with Gasteiger partial charge in [-0.3, -0.25) is 4.79 Å². The lowest BCUT2D eigenvalue weighted by Gasteiger charge is -2.22. The molecule has 0 atom stereocenters. The van der Waals surface area contributed by atoms with Gasteiger partial charge < -0.3 is 15.1 Å². The van der Waals surface area contributed by atoms with E-state index in [9.17, 15) is 4.79 Å². The van der Waals surface area contributed by atoms with Crippen molar-refractivity contribution < 1.29 is 4.79 Å². The predicted molar refractivity (Wildman–Crippen MR) is 77.5 cm³/mol. The molecule has 1 aromatic heterocycles. The second kappa shape index (κ2) is 6.41. The first-order valence-corrected chi connectivity index (χ1v) is 6.89.